The van der Waals surface area contributed by atoms with Crippen LogP contribution in [0.4, 0.5) is 22.0 Å². The number of hydrogen-bond acceptors (Lipinski definition) is 5. The van der Waals surface area contributed by atoms with Gasteiger partial charge in [-0.2, -0.15) is 22.0 Å². The number of ether oxygens (including phenoxy) is 2. The second-order valence-corrected chi connectivity index (χ2v) is 10.6. The average Bonchev–Trinajstić information content (AvgIpc) is 2.42. The standard InChI is InChI=1S/C14H23F5O5Si/c1-6-8-9-23-11(21)12(10(20)22-7-2,24-25(3,4)5)13(15,16)14(17,18)19/h6-9H2,1-5H3. The molecule has 0 aliphatic carbocycles. The Morgan fingerprint density at radius 1 is 0.920 bits per heavy atom. The van der Waals surface area contributed by atoms with Crippen molar-refractivity contribution < 1.29 is 45.4 Å². The molecule has 0 amide bonds. The molecule has 0 aliphatic rings. The third kappa shape index (κ3) is 5.37. The number of rotatable bonds is 9. The first kappa shape index (κ1) is 23.8. The lowest BCUT2D eigenvalue weighted by molar-refractivity contribution is -0.330. The quantitative estimate of drug-likeness (QED) is 0.196. The Morgan fingerprint density at radius 2 is 1.40 bits per heavy atom. The molecule has 0 rings (SSSR count). The summed E-state index contributed by atoms with van der Waals surface area (Å²) in [4.78, 5) is 24.3. The topological polar surface area (TPSA) is 61.8 Å². The maximum Gasteiger partial charge on any atom is 0.457 e. The first-order valence-corrected chi connectivity index (χ1v) is 11.1. The highest BCUT2D eigenvalue weighted by Crippen LogP contribution is 2.47. The van der Waals surface area contributed by atoms with E-state index in [9.17, 15) is 31.5 Å². The van der Waals surface area contributed by atoms with Crippen LogP contribution in [0, 0.1) is 0 Å². The van der Waals surface area contributed by atoms with Crippen LogP contribution in [0.5, 0.6) is 0 Å². The number of halogens is 5. The molecule has 0 saturated heterocycles. The molecule has 0 spiro atoms. The van der Waals surface area contributed by atoms with Crippen molar-refractivity contribution in [2.75, 3.05) is 13.2 Å². The fraction of sp³-hybridized carbons (Fsp3) is 0.857. The van der Waals surface area contributed by atoms with Crippen molar-refractivity contribution >= 4 is 20.3 Å². The molecule has 0 radical (unpaired) electrons. The molecule has 0 aromatic carbocycles. The molecule has 0 heterocycles. The summed E-state index contributed by atoms with van der Waals surface area (Å²) in [5.41, 5.74) is -4.24. The molecule has 0 saturated carbocycles. The third-order valence-corrected chi connectivity index (χ3v) is 3.76. The maximum atomic E-state index is 14.3. The second-order valence-electron chi connectivity index (χ2n) is 6.18. The lowest BCUT2D eigenvalue weighted by Crippen LogP contribution is -2.70. The van der Waals surface area contributed by atoms with Crippen LogP contribution in [0.25, 0.3) is 0 Å². The first-order chi connectivity index (χ1) is 11.2. The van der Waals surface area contributed by atoms with Gasteiger partial charge in [0.1, 0.15) is 0 Å². The van der Waals surface area contributed by atoms with Crippen LogP contribution in [0.1, 0.15) is 26.7 Å². The Kier molecular flexibility index (Phi) is 8.02. The molecule has 11 heteroatoms. The van der Waals surface area contributed by atoms with Gasteiger partial charge in [-0.3, -0.25) is 0 Å². The second kappa shape index (κ2) is 8.43. The Morgan fingerprint density at radius 3 is 1.76 bits per heavy atom. The van der Waals surface area contributed by atoms with E-state index >= 15 is 0 Å². The fourth-order valence-electron chi connectivity index (χ4n) is 1.79. The molecule has 5 nitrogen and oxygen atoms in total. The van der Waals surface area contributed by atoms with Crippen LogP contribution in [0.3, 0.4) is 0 Å². The zero-order valence-electron chi connectivity index (χ0n) is 14.8. The highest BCUT2D eigenvalue weighted by atomic mass is 28.4. The van der Waals surface area contributed by atoms with Gasteiger partial charge in [0.2, 0.25) is 0 Å². The normalized spacial score (nSPS) is 15.4. The average molecular weight is 394 g/mol. The minimum absolute atomic E-state index is 0.217. The minimum atomic E-state index is -6.23. The van der Waals surface area contributed by atoms with Crippen LogP contribution in [-0.4, -0.2) is 51.2 Å². The van der Waals surface area contributed by atoms with Gasteiger partial charge in [-0.05, 0) is 33.0 Å². The molecule has 1 atom stereocenters. The SMILES string of the molecule is CCCCOC(=O)C(O[Si](C)(C)C)(C(=O)OCC)C(F)(F)C(F)(F)F. The van der Waals surface area contributed by atoms with Crippen LogP contribution in [0.15, 0.2) is 0 Å². The van der Waals surface area contributed by atoms with Crippen molar-refractivity contribution in [1.29, 1.82) is 0 Å². The summed E-state index contributed by atoms with van der Waals surface area (Å²) < 4.78 is 81.3. The molecule has 0 N–H and O–H groups in total. The highest BCUT2D eigenvalue weighted by molar-refractivity contribution is 6.70. The Bertz CT molecular complexity index is 475. The van der Waals surface area contributed by atoms with Crippen LogP contribution < -0.4 is 0 Å². The van der Waals surface area contributed by atoms with E-state index in [1.54, 1.807) is 6.92 Å². The molecule has 1 unspecified atom stereocenters. The van der Waals surface area contributed by atoms with E-state index in [2.05, 4.69) is 9.47 Å². The Balaban J connectivity index is 6.34. The van der Waals surface area contributed by atoms with E-state index in [-0.39, 0.29) is 6.42 Å². The van der Waals surface area contributed by atoms with Crippen LogP contribution in [-0.2, 0) is 23.5 Å². The van der Waals surface area contributed by atoms with Crippen molar-refractivity contribution in [1.82, 2.24) is 0 Å². The van der Waals surface area contributed by atoms with Crippen LogP contribution >= 0.6 is 0 Å². The molecule has 0 bridgehead atoms. The van der Waals surface area contributed by atoms with Gasteiger partial charge in [0.25, 0.3) is 0 Å². The van der Waals surface area contributed by atoms with Crippen LogP contribution in [0.2, 0.25) is 19.6 Å². The van der Waals surface area contributed by atoms with E-state index in [1.165, 1.54) is 26.6 Å². The van der Waals surface area contributed by atoms with E-state index in [4.69, 9.17) is 4.43 Å². The Hall–Kier alpha value is -1.23. The van der Waals surface area contributed by atoms with E-state index in [1.807, 2.05) is 0 Å². The number of unbranched alkanes of at least 4 members (excludes halogenated alkanes) is 1. The highest BCUT2D eigenvalue weighted by Gasteiger charge is 2.80. The fourth-order valence-corrected chi connectivity index (χ4v) is 3.00. The van der Waals surface area contributed by atoms with Crippen molar-refractivity contribution in [3.8, 4) is 0 Å². The summed E-state index contributed by atoms with van der Waals surface area (Å²) in [6.07, 6.45) is -5.53. The van der Waals surface area contributed by atoms with E-state index in [0.717, 1.165) is 0 Å². The molecular weight excluding hydrogens is 371 g/mol. The number of esters is 2. The lowest BCUT2D eigenvalue weighted by atomic mass is 9.95. The van der Waals surface area contributed by atoms with Gasteiger partial charge in [-0.25, -0.2) is 9.59 Å². The third-order valence-electron chi connectivity index (χ3n) is 2.84. The van der Waals surface area contributed by atoms with Gasteiger partial charge in [-0.1, -0.05) is 13.3 Å². The first-order valence-electron chi connectivity index (χ1n) is 7.66. The largest absolute Gasteiger partial charge is 0.463 e. The summed E-state index contributed by atoms with van der Waals surface area (Å²) in [7, 11) is -3.26. The smallest absolute Gasteiger partial charge is 0.457 e. The van der Waals surface area contributed by atoms with Gasteiger partial charge in [-0.15, -0.1) is 0 Å². The van der Waals surface area contributed by atoms with Crippen molar-refractivity contribution in [2.24, 2.45) is 0 Å². The molecule has 0 fully saturated rings. The van der Waals surface area contributed by atoms with Gasteiger partial charge in [0.05, 0.1) is 13.2 Å². The molecule has 25 heavy (non-hydrogen) atoms. The van der Waals surface area contributed by atoms with E-state index in [0.29, 0.717) is 6.42 Å². The molecule has 0 aliphatic heterocycles. The summed E-state index contributed by atoms with van der Waals surface area (Å²) in [6.45, 7) is 5.71. The molecule has 0 aromatic rings. The number of carbonyl (C=O) groups is 2. The lowest BCUT2D eigenvalue weighted by Gasteiger charge is -2.40. The van der Waals surface area contributed by atoms with Gasteiger partial charge >= 0.3 is 29.6 Å². The molecule has 148 valence electrons. The summed E-state index contributed by atoms with van der Waals surface area (Å²) in [5.74, 6) is -10.1. The molecule has 0 aromatic heterocycles. The number of hydrogen-bond donors (Lipinski definition) is 0. The van der Waals surface area contributed by atoms with Gasteiger partial charge < -0.3 is 13.9 Å². The summed E-state index contributed by atoms with van der Waals surface area (Å²) in [5, 5.41) is 0. The zero-order valence-corrected chi connectivity index (χ0v) is 15.8. The predicted octanol–water partition coefficient (Wildman–Crippen LogP) is 3.68. The van der Waals surface area contributed by atoms with E-state index < -0.39 is 51.2 Å². The van der Waals surface area contributed by atoms with Gasteiger partial charge in [0, 0.05) is 0 Å². The van der Waals surface area contributed by atoms with Crippen molar-refractivity contribution in [3.05, 3.63) is 0 Å². The van der Waals surface area contributed by atoms with Gasteiger partial charge in [0.15, 0.2) is 8.32 Å². The monoisotopic (exact) mass is 394 g/mol. The zero-order chi connectivity index (χ0) is 20.1. The Labute approximate surface area is 143 Å². The number of carbonyl (C=O) groups excluding carboxylic acids is 2. The number of alkyl halides is 5. The molecular formula is C14H23F5O5Si. The summed E-state index contributed by atoms with van der Waals surface area (Å²) in [6, 6.07) is 0. The summed E-state index contributed by atoms with van der Waals surface area (Å²) >= 11 is 0. The predicted molar refractivity (Wildman–Crippen MR) is 80.7 cm³/mol. The van der Waals surface area contributed by atoms with Crippen molar-refractivity contribution in [3.63, 3.8) is 0 Å². The minimum Gasteiger partial charge on any atom is -0.463 e. The maximum absolute atomic E-state index is 14.3. The van der Waals surface area contributed by atoms with Crippen molar-refractivity contribution in [2.45, 2.75) is 64.0 Å².